The van der Waals surface area contributed by atoms with Crippen molar-refractivity contribution in [2.24, 2.45) is 0 Å². The van der Waals surface area contributed by atoms with Crippen LogP contribution in [-0.2, 0) is 11.2 Å². The van der Waals surface area contributed by atoms with Crippen LogP contribution < -0.4 is 0 Å². The first kappa shape index (κ1) is 11.4. The minimum atomic E-state index is 0.208. The summed E-state index contributed by atoms with van der Waals surface area (Å²) in [7, 11) is 0. The van der Waals surface area contributed by atoms with Crippen molar-refractivity contribution in [3.05, 3.63) is 34.8 Å². The lowest BCUT2D eigenvalue weighted by atomic mass is 10.3. The van der Waals surface area contributed by atoms with Gasteiger partial charge >= 0.3 is 0 Å². The van der Waals surface area contributed by atoms with E-state index in [1.165, 1.54) is 0 Å². The topological polar surface area (TPSA) is 51.0 Å². The summed E-state index contributed by atoms with van der Waals surface area (Å²) in [5.41, 5.74) is 0. The fraction of sp³-hybridized carbons (Fsp3) is 0.417. The predicted octanol–water partition coefficient (Wildman–Crippen LogP) is 1.36. The molecule has 18 heavy (non-hydrogen) atoms. The Morgan fingerprint density at radius 1 is 1.56 bits per heavy atom. The van der Waals surface area contributed by atoms with Gasteiger partial charge in [0, 0.05) is 24.2 Å². The van der Waals surface area contributed by atoms with E-state index < -0.39 is 0 Å². The smallest absolute Gasteiger partial charge is 0.227 e. The molecule has 0 saturated carbocycles. The zero-order valence-corrected chi connectivity index (χ0v) is 10.7. The van der Waals surface area contributed by atoms with Crippen LogP contribution in [0.5, 0.6) is 0 Å². The molecule has 1 fully saturated rings. The van der Waals surface area contributed by atoms with Gasteiger partial charge in [-0.3, -0.25) is 4.79 Å². The van der Waals surface area contributed by atoms with Gasteiger partial charge in [-0.25, -0.2) is 4.68 Å². The molecule has 2 aromatic heterocycles. The first-order chi connectivity index (χ1) is 8.83. The number of amides is 1. The summed E-state index contributed by atoms with van der Waals surface area (Å²) in [6, 6.07) is 4.27. The first-order valence-corrected chi connectivity index (χ1v) is 6.87. The lowest BCUT2D eigenvalue weighted by Crippen LogP contribution is -2.30. The Morgan fingerprint density at radius 3 is 3.22 bits per heavy atom. The summed E-state index contributed by atoms with van der Waals surface area (Å²) in [4.78, 5) is 15.2. The number of aromatic nitrogens is 3. The number of thiophene rings is 1. The highest BCUT2D eigenvalue weighted by molar-refractivity contribution is 7.10. The van der Waals surface area contributed by atoms with Crippen LogP contribution in [0.1, 0.15) is 17.3 Å². The van der Waals surface area contributed by atoms with Crippen LogP contribution in [0.25, 0.3) is 0 Å². The molecule has 3 heterocycles. The average molecular weight is 262 g/mol. The molecule has 0 bridgehead atoms. The number of hydrogen-bond acceptors (Lipinski definition) is 4. The van der Waals surface area contributed by atoms with Crippen LogP contribution in [0.3, 0.4) is 0 Å². The molecule has 0 spiro atoms. The maximum atomic E-state index is 12.1. The summed E-state index contributed by atoms with van der Waals surface area (Å²) in [6.07, 6.45) is 5.01. The molecule has 6 heteroatoms. The molecule has 1 aliphatic heterocycles. The lowest BCUT2D eigenvalue weighted by molar-refractivity contribution is -0.129. The Balaban J connectivity index is 1.60. The fourth-order valence-corrected chi connectivity index (χ4v) is 2.97. The minimum Gasteiger partial charge on any atom is -0.340 e. The molecule has 3 rings (SSSR count). The number of rotatable bonds is 3. The van der Waals surface area contributed by atoms with Gasteiger partial charge in [-0.15, -0.1) is 16.4 Å². The van der Waals surface area contributed by atoms with Crippen molar-refractivity contribution < 1.29 is 4.79 Å². The second-order valence-electron chi connectivity index (χ2n) is 4.42. The zero-order valence-electron chi connectivity index (χ0n) is 9.90. The van der Waals surface area contributed by atoms with Crippen molar-refractivity contribution in [1.29, 1.82) is 0 Å². The molecule has 1 saturated heterocycles. The van der Waals surface area contributed by atoms with Gasteiger partial charge in [0.1, 0.15) is 0 Å². The van der Waals surface area contributed by atoms with Gasteiger partial charge in [-0.1, -0.05) is 11.3 Å². The molecule has 94 valence electrons. The van der Waals surface area contributed by atoms with Crippen molar-refractivity contribution in [3.8, 4) is 0 Å². The van der Waals surface area contributed by atoms with Crippen molar-refractivity contribution in [1.82, 2.24) is 19.9 Å². The Morgan fingerprint density at radius 2 is 2.50 bits per heavy atom. The Kier molecular flexibility index (Phi) is 3.10. The Labute approximate surface area is 109 Å². The van der Waals surface area contributed by atoms with Gasteiger partial charge in [0.05, 0.1) is 18.7 Å². The maximum absolute atomic E-state index is 12.1. The van der Waals surface area contributed by atoms with Gasteiger partial charge in [-0.05, 0) is 17.9 Å². The van der Waals surface area contributed by atoms with Crippen LogP contribution in [0.4, 0.5) is 0 Å². The number of nitrogens with zero attached hydrogens (tertiary/aromatic N) is 4. The van der Waals surface area contributed by atoms with Gasteiger partial charge in [0.15, 0.2) is 0 Å². The van der Waals surface area contributed by atoms with Gasteiger partial charge in [0.25, 0.3) is 0 Å². The van der Waals surface area contributed by atoms with Crippen LogP contribution >= 0.6 is 11.3 Å². The molecule has 0 N–H and O–H groups in total. The van der Waals surface area contributed by atoms with Gasteiger partial charge in [-0.2, -0.15) is 0 Å². The largest absolute Gasteiger partial charge is 0.340 e. The minimum absolute atomic E-state index is 0.208. The van der Waals surface area contributed by atoms with E-state index in [2.05, 4.69) is 10.3 Å². The molecule has 5 nitrogen and oxygen atoms in total. The van der Waals surface area contributed by atoms with E-state index in [4.69, 9.17) is 0 Å². The Bertz CT molecular complexity index is 508. The molecule has 0 aromatic carbocycles. The third-order valence-electron chi connectivity index (χ3n) is 3.24. The van der Waals surface area contributed by atoms with E-state index in [-0.39, 0.29) is 11.9 Å². The number of hydrogen-bond donors (Lipinski definition) is 0. The molecule has 0 aliphatic carbocycles. The number of carbonyl (C=O) groups is 1. The van der Waals surface area contributed by atoms with Crippen molar-refractivity contribution in [3.63, 3.8) is 0 Å². The molecular weight excluding hydrogens is 248 g/mol. The third kappa shape index (κ3) is 2.28. The molecule has 1 atom stereocenters. The van der Waals surface area contributed by atoms with Crippen molar-refractivity contribution >= 4 is 17.2 Å². The normalized spacial score (nSPS) is 19.3. The summed E-state index contributed by atoms with van der Waals surface area (Å²) in [5.74, 6) is 0.208. The highest BCUT2D eigenvalue weighted by Gasteiger charge is 2.27. The second kappa shape index (κ2) is 4.89. The third-order valence-corrected chi connectivity index (χ3v) is 4.11. The SMILES string of the molecule is O=C(Cc1cccs1)N1CC[C@H](n2ccnn2)C1. The summed E-state index contributed by atoms with van der Waals surface area (Å²) in [5, 5.41) is 9.81. The first-order valence-electron chi connectivity index (χ1n) is 5.99. The molecule has 0 unspecified atom stereocenters. The maximum Gasteiger partial charge on any atom is 0.227 e. The second-order valence-corrected chi connectivity index (χ2v) is 5.45. The number of carbonyl (C=O) groups excluding carboxylic acids is 1. The Hall–Kier alpha value is -1.69. The molecule has 1 aliphatic rings. The van der Waals surface area contributed by atoms with E-state index in [1.807, 2.05) is 33.3 Å². The molecule has 0 radical (unpaired) electrons. The van der Waals surface area contributed by atoms with E-state index in [0.717, 1.165) is 24.4 Å². The summed E-state index contributed by atoms with van der Waals surface area (Å²) >= 11 is 1.63. The van der Waals surface area contributed by atoms with Crippen LogP contribution in [0, 0.1) is 0 Å². The summed E-state index contributed by atoms with van der Waals surface area (Å²) in [6.45, 7) is 1.56. The lowest BCUT2D eigenvalue weighted by Gasteiger charge is -2.16. The van der Waals surface area contributed by atoms with Gasteiger partial charge < -0.3 is 4.90 Å². The van der Waals surface area contributed by atoms with E-state index in [0.29, 0.717) is 6.42 Å². The molecule has 2 aromatic rings. The van der Waals surface area contributed by atoms with Crippen LogP contribution in [0.15, 0.2) is 29.9 Å². The predicted molar refractivity (Wildman–Crippen MR) is 68.3 cm³/mol. The van der Waals surface area contributed by atoms with Gasteiger partial charge in [0.2, 0.25) is 5.91 Å². The van der Waals surface area contributed by atoms with E-state index >= 15 is 0 Å². The average Bonchev–Trinajstić information content (AvgIpc) is 3.11. The highest BCUT2D eigenvalue weighted by atomic mass is 32.1. The zero-order chi connectivity index (χ0) is 12.4. The summed E-state index contributed by atoms with van der Waals surface area (Å²) < 4.78 is 1.85. The highest BCUT2D eigenvalue weighted by Crippen LogP contribution is 2.21. The van der Waals surface area contributed by atoms with Crippen molar-refractivity contribution in [2.45, 2.75) is 18.9 Å². The standard InChI is InChI=1S/C12H14N4OS/c17-12(8-11-2-1-7-18-11)15-5-3-10(9-15)16-6-4-13-14-16/h1-2,4,6-7,10H,3,5,8-9H2/t10-/m0/s1. The van der Waals surface area contributed by atoms with Crippen LogP contribution in [-0.4, -0.2) is 38.9 Å². The van der Waals surface area contributed by atoms with Crippen LogP contribution in [0.2, 0.25) is 0 Å². The quantitative estimate of drug-likeness (QED) is 0.839. The number of likely N-dealkylation sites (tertiary alicyclic amines) is 1. The monoisotopic (exact) mass is 262 g/mol. The van der Waals surface area contributed by atoms with Crippen molar-refractivity contribution in [2.75, 3.05) is 13.1 Å². The molecule has 1 amide bonds. The fourth-order valence-electron chi connectivity index (χ4n) is 2.27. The molecular formula is C12H14N4OS. The van der Waals surface area contributed by atoms with E-state index in [9.17, 15) is 4.79 Å². The van der Waals surface area contributed by atoms with E-state index in [1.54, 1.807) is 17.5 Å².